The summed E-state index contributed by atoms with van der Waals surface area (Å²) in [5.74, 6) is 1.76. The van der Waals surface area contributed by atoms with Crippen molar-refractivity contribution in [3.63, 3.8) is 0 Å². The average molecular weight is 601 g/mol. The van der Waals surface area contributed by atoms with Crippen molar-refractivity contribution in [2.45, 2.75) is 78.1 Å². The van der Waals surface area contributed by atoms with Gasteiger partial charge in [0.25, 0.3) is 0 Å². The number of ether oxygens (including phenoxy) is 1. The lowest BCUT2D eigenvalue weighted by Gasteiger charge is -2.42. The number of hydrogen-bond donors (Lipinski definition) is 1. The van der Waals surface area contributed by atoms with Gasteiger partial charge in [-0.3, -0.25) is 9.59 Å². The number of carbonyl (C=O) groups excluding carboxylic acids is 1. The molecular weight excluding hydrogens is 556 g/mol. The molecule has 3 aromatic carbocycles. The summed E-state index contributed by atoms with van der Waals surface area (Å²) >= 11 is 0. The number of hydrogen-bond acceptors (Lipinski definition) is 3. The molecule has 1 N–H and O–H groups in total. The number of aryl methyl sites for hydroxylation is 2. The summed E-state index contributed by atoms with van der Waals surface area (Å²) in [6.45, 7) is 6.46. The minimum absolute atomic E-state index is 0.0252. The van der Waals surface area contributed by atoms with E-state index in [0.717, 1.165) is 47.4 Å². The molecule has 232 valence electrons. The fraction of sp³-hybridized carbons (Fsp3) is 0.415. The minimum atomic E-state index is -0.795. The van der Waals surface area contributed by atoms with Crippen molar-refractivity contribution >= 4 is 29.2 Å². The normalized spacial score (nSPS) is 25.1. The summed E-state index contributed by atoms with van der Waals surface area (Å²) in [6, 6.07) is 17.8. The molecule has 2 fully saturated rings. The Kier molecular flexibility index (Phi) is 7.79. The summed E-state index contributed by atoms with van der Waals surface area (Å²) in [7, 11) is 1.50. The number of fused-ring (bicyclic) bond motifs is 2. The maximum absolute atomic E-state index is 11.9. The smallest absolute Gasteiger partial charge is 0.308 e. The fourth-order valence-electron chi connectivity index (χ4n) is 8.83. The number of rotatable bonds is 7. The topological polar surface area (TPSA) is 63.6 Å². The molecule has 0 radical (unpaired) electrons. The molecule has 7 rings (SSSR count). The van der Waals surface area contributed by atoms with Gasteiger partial charge < -0.3 is 9.84 Å². The second-order valence-corrected chi connectivity index (χ2v) is 14.2. The van der Waals surface area contributed by atoms with E-state index in [1.54, 1.807) is 0 Å². The minimum Gasteiger partial charge on any atom is -0.481 e. The lowest BCUT2D eigenvalue weighted by molar-refractivity contribution is -0.151. The fourth-order valence-corrected chi connectivity index (χ4v) is 8.83. The zero-order valence-corrected chi connectivity index (χ0v) is 27.0. The van der Waals surface area contributed by atoms with Gasteiger partial charge in [0.2, 0.25) is 0 Å². The van der Waals surface area contributed by atoms with E-state index in [0.29, 0.717) is 17.8 Å². The van der Waals surface area contributed by atoms with Crippen LogP contribution in [-0.4, -0.2) is 24.2 Å². The van der Waals surface area contributed by atoms with Gasteiger partial charge in [0, 0.05) is 5.92 Å². The number of methoxy groups -OCH3 is 1. The Morgan fingerprint density at radius 1 is 0.911 bits per heavy atom. The SMILES string of the molecule is COC(=O)C1CC(C2CCC(C3=CC(C)c4ccc(C5=Cc6cc(C)c(CC(=O)O)c(-c7ccc(C)cc7)c6C5)cc43)CC2)C1. The first-order chi connectivity index (χ1) is 21.7. The van der Waals surface area contributed by atoms with Crippen LogP contribution in [0.5, 0.6) is 0 Å². The van der Waals surface area contributed by atoms with E-state index in [4.69, 9.17) is 4.74 Å². The van der Waals surface area contributed by atoms with E-state index in [2.05, 4.69) is 74.5 Å². The zero-order chi connectivity index (χ0) is 31.4. The van der Waals surface area contributed by atoms with Crippen molar-refractivity contribution in [2.75, 3.05) is 7.11 Å². The van der Waals surface area contributed by atoms with Gasteiger partial charge in [-0.15, -0.1) is 0 Å². The molecule has 0 aromatic heterocycles. The van der Waals surface area contributed by atoms with Crippen LogP contribution in [0.4, 0.5) is 0 Å². The van der Waals surface area contributed by atoms with Crippen molar-refractivity contribution in [2.24, 2.45) is 23.7 Å². The highest BCUT2D eigenvalue weighted by molar-refractivity contribution is 5.95. The highest BCUT2D eigenvalue weighted by Gasteiger charge is 2.41. The highest BCUT2D eigenvalue weighted by atomic mass is 16.5. The Balaban J connectivity index is 1.13. The molecule has 4 heteroatoms. The largest absolute Gasteiger partial charge is 0.481 e. The van der Waals surface area contributed by atoms with E-state index in [-0.39, 0.29) is 18.3 Å². The Morgan fingerprint density at radius 2 is 1.62 bits per heavy atom. The van der Waals surface area contributed by atoms with Gasteiger partial charge >= 0.3 is 11.9 Å². The van der Waals surface area contributed by atoms with Crippen molar-refractivity contribution in [1.29, 1.82) is 0 Å². The van der Waals surface area contributed by atoms with E-state index < -0.39 is 5.97 Å². The molecule has 1 atom stereocenters. The van der Waals surface area contributed by atoms with Gasteiger partial charge in [0.1, 0.15) is 0 Å². The molecule has 0 bridgehead atoms. The van der Waals surface area contributed by atoms with E-state index in [1.807, 2.05) is 6.92 Å². The number of carbonyl (C=O) groups is 2. The van der Waals surface area contributed by atoms with Crippen LogP contribution in [0.1, 0.15) is 95.9 Å². The summed E-state index contributed by atoms with van der Waals surface area (Å²) in [5, 5.41) is 9.79. The number of benzene rings is 3. The summed E-state index contributed by atoms with van der Waals surface area (Å²) in [4.78, 5) is 23.8. The van der Waals surface area contributed by atoms with Crippen LogP contribution in [0, 0.1) is 37.5 Å². The van der Waals surface area contributed by atoms with Crippen LogP contribution in [0.3, 0.4) is 0 Å². The van der Waals surface area contributed by atoms with Crippen LogP contribution >= 0.6 is 0 Å². The van der Waals surface area contributed by atoms with Gasteiger partial charge in [-0.25, -0.2) is 0 Å². The molecule has 1 unspecified atom stereocenters. The van der Waals surface area contributed by atoms with Gasteiger partial charge in [-0.05, 0) is 144 Å². The van der Waals surface area contributed by atoms with Gasteiger partial charge in [-0.2, -0.15) is 0 Å². The maximum atomic E-state index is 11.9. The van der Waals surface area contributed by atoms with E-state index >= 15 is 0 Å². The van der Waals surface area contributed by atoms with Gasteiger partial charge in [0.05, 0.1) is 19.4 Å². The monoisotopic (exact) mass is 600 g/mol. The van der Waals surface area contributed by atoms with Crippen LogP contribution in [0.2, 0.25) is 0 Å². The number of carboxylic acid groups (broad SMARTS) is 1. The third-order valence-electron chi connectivity index (χ3n) is 11.4. The number of esters is 1. The van der Waals surface area contributed by atoms with Crippen LogP contribution in [-0.2, 0) is 27.2 Å². The summed E-state index contributed by atoms with van der Waals surface area (Å²) in [6.07, 6.45) is 12.7. The summed E-state index contributed by atoms with van der Waals surface area (Å²) < 4.78 is 4.96. The molecule has 2 saturated carbocycles. The summed E-state index contributed by atoms with van der Waals surface area (Å²) in [5.41, 5.74) is 14.8. The number of carboxylic acids is 1. The average Bonchev–Trinajstić information content (AvgIpc) is 3.58. The Hall–Kier alpha value is -3.92. The molecule has 0 heterocycles. The lowest BCUT2D eigenvalue weighted by Crippen LogP contribution is -2.37. The van der Waals surface area contributed by atoms with Crippen molar-refractivity contribution in [3.8, 4) is 11.1 Å². The van der Waals surface area contributed by atoms with Crippen LogP contribution < -0.4 is 0 Å². The third-order valence-corrected chi connectivity index (χ3v) is 11.4. The van der Waals surface area contributed by atoms with Crippen LogP contribution in [0.15, 0.2) is 54.6 Å². The molecule has 4 aliphatic carbocycles. The Bertz CT molecular complexity index is 1730. The van der Waals surface area contributed by atoms with Crippen molar-refractivity contribution in [1.82, 2.24) is 0 Å². The first-order valence-corrected chi connectivity index (χ1v) is 16.8. The van der Waals surface area contributed by atoms with E-state index in [1.165, 1.54) is 77.3 Å². The predicted molar refractivity (Wildman–Crippen MR) is 181 cm³/mol. The predicted octanol–water partition coefficient (Wildman–Crippen LogP) is 9.20. The standard InChI is InChI=1S/C41H44O4/c1-23-5-7-28(8-6-23)40-35(22-39(42)43)24(2)15-32-17-31(21-37(32)40)29-13-14-34-25(3)16-36(38(34)20-29)27-11-9-26(10-12-27)30-18-33(19-30)41(44)45-4/h5-8,13-17,20,25-27,30,33H,9-12,18-19,21-22H2,1-4H3,(H,42,43). The van der Waals surface area contributed by atoms with E-state index in [9.17, 15) is 14.7 Å². The first kappa shape index (κ1) is 29.8. The van der Waals surface area contributed by atoms with Crippen molar-refractivity contribution in [3.05, 3.63) is 99.1 Å². The molecule has 0 spiro atoms. The van der Waals surface area contributed by atoms with Crippen LogP contribution in [0.25, 0.3) is 28.3 Å². The zero-order valence-electron chi connectivity index (χ0n) is 27.0. The lowest BCUT2D eigenvalue weighted by atomic mass is 9.63. The quantitative estimate of drug-likeness (QED) is 0.275. The number of allylic oxidation sites excluding steroid dienone is 3. The second kappa shape index (κ2) is 11.8. The maximum Gasteiger partial charge on any atom is 0.308 e. The molecular formula is C41H44O4. The Morgan fingerprint density at radius 3 is 2.31 bits per heavy atom. The van der Waals surface area contributed by atoms with Crippen molar-refractivity contribution < 1.29 is 19.4 Å². The number of aliphatic carboxylic acids is 1. The third kappa shape index (κ3) is 5.47. The molecule has 4 aliphatic rings. The molecule has 0 amide bonds. The van der Waals surface area contributed by atoms with Gasteiger partial charge in [-0.1, -0.05) is 67.1 Å². The molecule has 4 nitrogen and oxygen atoms in total. The van der Waals surface area contributed by atoms with Gasteiger partial charge in [0.15, 0.2) is 0 Å². The second-order valence-electron chi connectivity index (χ2n) is 14.2. The first-order valence-electron chi connectivity index (χ1n) is 16.8. The molecule has 45 heavy (non-hydrogen) atoms. The molecule has 3 aromatic rings. The Labute approximate surface area is 267 Å². The molecule has 0 saturated heterocycles. The molecule has 0 aliphatic heterocycles. The highest BCUT2D eigenvalue weighted by Crippen LogP contribution is 2.51.